The molecule has 100 valence electrons. The van der Waals surface area contributed by atoms with Gasteiger partial charge in [-0.15, -0.1) is 0 Å². The molecule has 0 aliphatic rings. The van der Waals surface area contributed by atoms with Gasteiger partial charge in [-0.2, -0.15) is 0 Å². The molecule has 0 heterocycles. The van der Waals surface area contributed by atoms with Crippen LogP contribution in [0.1, 0.15) is 33.7 Å². The third-order valence-corrected chi connectivity index (χ3v) is 4.65. The van der Waals surface area contributed by atoms with Crippen molar-refractivity contribution in [1.82, 2.24) is 0 Å². The van der Waals surface area contributed by atoms with Crippen LogP contribution >= 0.6 is 15.9 Å². The van der Waals surface area contributed by atoms with Gasteiger partial charge < -0.3 is 0 Å². The van der Waals surface area contributed by atoms with E-state index in [1.54, 1.807) is 0 Å². The summed E-state index contributed by atoms with van der Waals surface area (Å²) in [5.41, 5.74) is 7.02. The molecule has 1 unspecified atom stereocenters. The molecule has 0 amide bonds. The highest BCUT2D eigenvalue weighted by atomic mass is 79.9. The number of benzene rings is 2. The van der Waals surface area contributed by atoms with E-state index in [9.17, 15) is 0 Å². The highest BCUT2D eigenvalue weighted by Gasteiger charge is 2.13. The summed E-state index contributed by atoms with van der Waals surface area (Å²) < 4.78 is 0. The molecule has 2 aromatic rings. The Morgan fingerprint density at radius 3 is 2.26 bits per heavy atom. The molecule has 0 bridgehead atoms. The van der Waals surface area contributed by atoms with Crippen molar-refractivity contribution < 1.29 is 0 Å². The molecule has 0 aromatic heterocycles. The second kappa shape index (κ2) is 6.38. The Hall–Kier alpha value is -1.08. The fourth-order valence-corrected chi connectivity index (χ4v) is 3.09. The minimum Gasteiger partial charge on any atom is -0.0921 e. The van der Waals surface area contributed by atoms with Gasteiger partial charge in [-0.1, -0.05) is 58.4 Å². The van der Waals surface area contributed by atoms with E-state index in [1.807, 2.05) is 0 Å². The third-order valence-electron chi connectivity index (χ3n) is 3.87. The van der Waals surface area contributed by atoms with Gasteiger partial charge in [0.05, 0.1) is 0 Å². The van der Waals surface area contributed by atoms with Crippen molar-refractivity contribution in [2.24, 2.45) is 0 Å². The average Bonchev–Trinajstić information content (AvgIpc) is 2.41. The van der Waals surface area contributed by atoms with Crippen molar-refractivity contribution >= 4 is 15.9 Å². The van der Waals surface area contributed by atoms with E-state index >= 15 is 0 Å². The highest BCUT2D eigenvalue weighted by Crippen LogP contribution is 2.26. The van der Waals surface area contributed by atoms with Gasteiger partial charge in [0.15, 0.2) is 0 Å². The zero-order chi connectivity index (χ0) is 13.8. The molecule has 1 heteroatoms. The van der Waals surface area contributed by atoms with Crippen LogP contribution in [0.5, 0.6) is 0 Å². The summed E-state index contributed by atoms with van der Waals surface area (Å²) in [6, 6.07) is 15.5. The van der Waals surface area contributed by atoms with Gasteiger partial charge >= 0.3 is 0 Å². The van der Waals surface area contributed by atoms with E-state index in [0.29, 0.717) is 5.92 Å². The Bertz CT molecular complexity index is 557. The van der Waals surface area contributed by atoms with Crippen LogP contribution in [0.4, 0.5) is 0 Å². The van der Waals surface area contributed by atoms with Crippen molar-refractivity contribution in [3.05, 3.63) is 70.3 Å². The molecule has 0 N–H and O–H groups in total. The van der Waals surface area contributed by atoms with Crippen LogP contribution < -0.4 is 0 Å². The maximum atomic E-state index is 3.68. The van der Waals surface area contributed by atoms with Crippen LogP contribution in [-0.4, -0.2) is 5.33 Å². The minimum absolute atomic E-state index is 0.545. The molecule has 0 saturated carbocycles. The predicted octanol–water partition coefficient (Wildman–Crippen LogP) is 5.33. The zero-order valence-electron chi connectivity index (χ0n) is 11.9. The summed E-state index contributed by atoms with van der Waals surface area (Å²) in [4.78, 5) is 0. The fourth-order valence-electron chi connectivity index (χ4n) is 2.51. The number of aryl methyl sites for hydroxylation is 3. The lowest BCUT2D eigenvalue weighted by Crippen LogP contribution is -2.06. The van der Waals surface area contributed by atoms with Gasteiger partial charge in [-0.05, 0) is 60.9 Å². The van der Waals surface area contributed by atoms with E-state index in [1.165, 1.54) is 27.8 Å². The first-order valence-electron chi connectivity index (χ1n) is 6.79. The van der Waals surface area contributed by atoms with Crippen molar-refractivity contribution in [3.8, 4) is 0 Å². The number of hydrogen-bond donors (Lipinski definition) is 0. The van der Waals surface area contributed by atoms with Crippen molar-refractivity contribution in [1.29, 1.82) is 0 Å². The largest absolute Gasteiger partial charge is 0.0921 e. The molecule has 0 fully saturated rings. The first-order valence-corrected chi connectivity index (χ1v) is 7.91. The standard InChI is InChI=1S/C18H21Br/c1-13-8-9-16(10-15(13)3)11-17(12-19)18-7-5-4-6-14(18)2/h4-10,17H,11-12H2,1-3H3. The van der Waals surface area contributed by atoms with Crippen LogP contribution in [0.25, 0.3) is 0 Å². The highest BCUT2D eigenvalue weighted by molar-refractivity contribution is 9.09. The van der Waals surface area contributed by atoms with Gasteiger partial charge in [-0.25, -0.2) is 0 Å². The quantitative estimate of drug-likeness (QED) is 0.668. The first kappa shape index (κ1) is 14.3. The number of rotatable bonds is 4. The van der Waals surface area contributed by atoms with Crippen molar-refractivity contribution in [3.63, 3.8) is 0 Å². The molecule has 19 heavy (non-hydrogen) atoms. The van der Waals surface area contributed by atoms with Gasteiger partial charge in [0.1, 0.15) is 0 Å². The summed E-state index contributed by atoms with van der Waals surface area (Å²) in [5, 5.41) is 1.00. The first-order chi connectivity index (χ1) is 9.11. The smallest absolute Gasteiger partial charge is 0.0103 e. The summed E-state index contributed by atoms with van der Waals surface area (Å²) in [6.07, 6.45) is 1.09. The molecule has 0 aliphatic carbocycles. The summed E-state index contributed by atoms with van der Waals surface area (Å²) in [5.74, 6) is 0.545. The molecule has 0 saturated heterocycles. The Morgan fingerprint density at radius 1 is 0.895 bits per heavy atom. The van der Waals surface area contributed by atoms with Gasteiger partial charge in [0, 0.05) is 5.33 Å². The molecular formula is C18H21Br. The normalized spacial score (nSPS) is 12.4. The summed E-state index contributed by atoms with van der Waals surface area (Å²) in [6.45, 7) is 6.56. The molecule has 1 atom stereocenters. The van der Waals surface area contributed by atoms with E-state index < -0.39 is 0 Å². The Labute approximate surface area is 125 Å². The van der Waals surface area contributed by atoms with Crippen molar-refractivity contribution in [2.75, 3.05) is 5.33 Å². The topological polar surface area (TPSA) is 0 Å². The van der Waals surface area contributed by atoms with Gasteiger partial charge in [0.2, 0.25) is 0 Å². The molecule has 0 radical (unpaired) electrons. The summed E-state index contributed by atoms with van der Waals surface area (Å²) >= 11 is 3.68. The second-order valence-electron chi connectivity index (χ2n) is 5.33. The maximum absolute atomic E-state index is 3.68. The molecule has 2 aromatic carbocycles. The predicted molar refractivity (Wildman–Crippen MR) is 87.3 cm³/mol. The number of hydrogen-bond acceptors (Lipinski definition) is 0. The molecular weight excluding hydrogens is 296 g/mol. The van der Waals surface area contributed by atoms with Crippen LogP contribution in [-0.2, 0) is 6.42 Å². The molecule has 2 rings (SSSR count). The van der Waals surface area contributed by atoms with Crippen molar-refractivity contribution in [2.45, 2.75) is 33.1 Å². The lowest BCUT2D eigenvalue weighted by Gasteiger charge is -2.17. The van der Waals surface area contributed by atoms with Crippen LogP contribution in [0.3, 0.4) is 0 Å². The Balaban J connectivity index is 2.24. The molecule has 0 spiro atoms. The SMILES string of the molecule is Cc1ccc(CC(CBr)c2ccccc2C)cc1C. The molecule has 0 aliphatic heterocycles. The monoisotopic (exact) mass is 316 g/mol. The van der Waals surface area contributed by atoms with Crippen LogP contribution in [0.2, 0.25) is 0 Å². The molecule has 0 nitrogen and oxygen atoms in total. The van der Waals surface area contributed by atoms with Crippen LogP contribution in [0, 0.1) is 20.8 Å². The average molecular weight is 317 g/mol. The Kier molecular flexibility index (Phi) is 4.81. The number of halogens is 1. The lowest BCUT2D eigenvalue weighted by atomic mass is 9.90. The minimum atomic E-state index is 0.545. The number of alkyl halides is 1. The van der Waals surface area contributed by atoms with E-state index in [2.05, 4.69) is 79.2 Å². The second-order valence-corrected chi connectivity index (χ2v) is 5.98. The van der Waals surface area contributed by atoms with E-state index in [-0.39, 0.29) is 0 Å². The van der Waals surface area contributed by atoms with Gasteiger partial charge in [0.25, 0.3) is 0 Å². The van der Waals surface area contributed by atoms with Gasteiger partial charge in [-0.3, -0.25) is 0 Å². The Morgan fingerprint density at radius 2 is 1.63 bits per heavy atom. The van der Waals surface area contributed by atoms with E-state index in [0.717, 1.165) is 11.8 Å². The van der Waals surface area contributed by atoms with E-state index in [4.69, 9.17) is 0 Å². The maximum Gasteiger partial charge on any atom is 0.0103 e. The lowest BCUT2D eigenvalue weighted by molar-refractivity contribution is 0.768. The fraction of sp³-hybridized carbons (Fsp3) is 0.333. The summed E-state index contributed by atoms with van der Waals surface area (Å²) in [7, 11) is 0. The third kappa shape index (κ3) is 3.48. The zero-order valence-corrected chi connectivity index (χ0v) is 13.5. The van der Waals surface area contributed by atoms with Crippen LogP contribution in [0.15, 0.2) is 42.5 Å².